The Balaban J connectivity index is 2.40. The molecule has 1 heterocycles. The van der Waals surface area contributed by atoms with Crippen molar-refractivity contribution < 1.29 is 14.6 Å². The quantitative estimate of drug-likeness (QED) is 0.797. The van der Waals surface area contributed by atoms with Gasteiger partial charge in [0, 0.05) is 18.2 Å². The van der Waals surface area contributed by atoms with E-state index in [-0.39, 0.29) is 6.54 Å². The second-order valence-electron chi connectivity index (χ2n) is 3.27. The first-order chi connectivity index (χ1) is 7.22. The van der Waals surface area contributed by atoms with E-state index in [2.05, 4.69) is 0 Å². The second-order valence-corrected chi connectivity index (χ2v) is 3.68. The van der Waals surface area contributed by atoms with E-state index in [1.807, 2.05) is 0 Å². The normalized spacial score (nSPS) is 16.2. The summed E-state index contributed by atoms with van der Waals surface area (Å²) in [6, 6.07) is 3.32. The number of aliphatic hydroxyl groups is 1. The van der Waals surface area contributed by atoms with Gasteiger partial charge in [-0.25, -0.2) is 0 Å². The summed E-state index contributed by atoms with van der Waals surface area (Å²) >= 11 is 5.98. The third kappa shape index (κ3) is 2.02. The summed E-state index contributed by atoms with van der Waals surface area (Å²) in [4.78, 5) is 0. The zero-order chi connectivity index (χ0) is 10.8. The van der Waals surface area contributed by atoms with Gasteiger partial charge in [-0.3, -0.25) is 0 Å². The van der Waals surface area contributed by atoms with Gasteiger partial charge in [-0.2, -0.15) is 0 Å². The van der Waals surface area contributed by atoms with Gasteiger partial charge in [-0.05, 0) is 6.07 Å². The number of hydrogen-bond donors (Lipinski definition) is 2. The molecule has 1 aromatic carbocycles. The van der Waals surface area contributed by atoms with E-state index in [0.717, 1.165) is 0 Å². The molecule has 0 aliphatic carbocycles. The lowest BCUT2D eigenvalue weighted by molar-refractivity contribution is 0.166. The van der Waals surface area contributed by atoms with Crippen LogP contribution < -0.4 is 15.2 Å². The third-order valence-corrected chi connectivity index (χ3v) is 2.57. The van der Waals surface area contributed by atoms with Gasteiger partial charge in [0.05, 0.1) is 11.1 Å². The molecule has 0 saturated carbocycles. The highest BCUT2D eigenvalue weighted by Crippen LogP contribution is 2.37. The summed E-state index contributed by atoms with van der Waals surface area (Å²) in [5.74, 6) is 1.22. The predicted octanol–water partition coefficient (Wildman–Crippen LogP) is 1.10. The minimum absolute atomic E-state index is 0.124. The summed E-state index contributed by atoms with van der Waals surface area (Å²) in [6.45, 7) is 1.15. The van der Waals surface area contributed by atoms with E-state index in [4.69, 9.17) is 26.8 Å². The standard InChI is InChI=1S/C10H12ClNO3/c11-7-4-10-9(14-1-2-15-10)3-6(7)8(13)5-12/h3-4,8,13H,1-2,5,12H2. The molecule has 0 fully saturated rings. The fourth-order valence-electron chi connectivity index (χ4n) is 1.46. The second kappa shape index (κ2) is 4.26. The largest absolute Gasteiger partial charge is 0.486 e. The van der Waals surface area contributed by atoms with E-state index in [9.17, 15) is 5.11 Å². The highest BCUT2D eigenvalue weighted by Gasteiger charge is 2.18. The summed E-state index contributed by atoms with van der Waals surface area (Å²) in [7, 11) is 0. The first-order valence-electron chi connectivity index (χ1n) is 4.69. The lowest BCUT2D eigenvalue weighted by atomic mass is 10.1. The van der Waals surface area contributed by atoms with Crippen LogP contribution >= 0.6 is 11.6 Å². The zero-order valence-electron chi connectivity index (χ0n) is 8.07. The molecule has 5 heteroatoms. The molecule has 1 aromatic rings. The van der Waals surface area contributed by atoms with Crippen molar-refractivity contribution in [2.45, 2.75) is 6.10 Å². The topological polar surface area (TPSA) is 64.7 Å². The number of ether oxygens (including phenoxy) is 2. The van der Waals surface area contributed by atoms with Crippen molar-refractivity contribution in [1.29, 1.82) is 0 Å². The van der Waals surface area contributed by atoms with E-state index < -0.39 is 6.10 Å². The molecule has 1 unspecified atom stereocenters. The Bertz CT molecular complexity index is 370. The van der Waals surface area contributed by atoms with Gasteiger partial charge in [0.2, 0.25) is 0 Å². The van der Waals surface area contributed by atoms with Crippen LogP contribution in [0.15, 0.2) is 12.1 Å². The monoisotopic (exact) mass is 229 g/mol. The maximum Gasteiger partial charge on any atom is 0.162 e. The zero-order valence-corrected chi connectivity index (χ0v) is 8.83. The van der Waals surface area contributed by atoms with Gasteiger partial charge in [0.25, 0.3) is 0 Å². The first-order valence-corrected chi connectivity index (χ1v) is 5.07. The van der Waals surface area contributed by atoms with Crippen LogP contribution in [0, 0.1) is 0 Å². The highest BCUT2D eigenvalue weighted by atomic mass is 35.5. The fourth-order valence-corrected chi connectivity index (χ4v) is 1.74. The summed E-state index contributed by atoms with van der Waals surface area (Å²) < 4.78 is 10.7. The van der Waals surface area contributed by atoms with E-state index in [0.29, 0.717) is 35.3 Å². The number of rotatable bonds is 2. The first kappa shape index (κ1) is 10.5. The van der Waals surface area contributed by atoms with Crippen molar-refractivity contribution in [3.8, 4) is 11.5 Å². The van der Waals surface area contributed by atoms with Gasteiger partial charge in [0.15, 0.2) is 11.5 Å². The number of aliphatic hydroxyl groups excluding tert-OH is 1. The minimum atomic E-state index is -0.770. The molecule has 1 aliphatic heterocycles. The van der Waals surface area contributed by atoms with Gasteiger partial charge in [0.1, 0.15) is 13.2 Å². The van der Waals surface area contributed by atoms with Crippen molar-refractivity contribution in [3.05, 3.63) is 22.7 Å². The Hall–Kier alpha value is -0.970. The fraction of sp³-hybridized carbons (Fsp3) is 0.400. The molecule has 0 amide bonds. The molecule has 0 radical (unpaired) electrons. The van der Waals surface area contributed by atoms with E-state index >= 15 is 0 Å². The maximum atomic E-state index is 9.61. The average molecular weight is 230 g/mol. The molecule has 15 heavy (non-hydrogen) atoms. The molecule has 0 aromatic heterocycles. The van der Waals surface area contributed by atoms with Crippen molar-refractivity contribution in [2.75, 3.05) is 19.8 Å². The van der Waals surface area contributed by atoms with Crippen LogP contribution in [0.2, 0.25) is 5.02 Å². The van der Waals surface area contributed by atoms with E-state index in [1.165, 1.54) is 0 Å². The Morgan fingerprint density at radius 1 is 1.33 bits per heavy atom. The Morgan fingerprint density at radius 2 is 1.93 bits per heavy atom. The van der Waals surface area contributed by atoms with Crippen molar-refractivity contribution in [3.63, 3.8) is 0 Å². The van der Waals surface area contributed by atoms with Gasteiger partial charge in [-0.1, -0.05) is 11.6 Å². The van der Waals surface area contributed by atoms with Crippen LogP contribution in [-0.4, -0.2) is 24.9 Å². The van der Waals surface area contributed by atoms with Crippen molar-refractivity contribution >= 4 is 11.6 Å². The molecule has 3 N–H and O–H groups in total. The van der Waals surface area contributed by atoms with Crippen molar-refractivity contribution in [2.24, 2.45) is 5.73 Å². The Labute approximate surface area is 92.5 Å². The van der Waals surface area contributed by atoms with Crippen LogP contribution in [0.25, 0.3) is 0 Å². The van der Waals surface area contributed by atoms with Crippen LogP contribution in [-0.2, 0) is 0 Å². The van der Waals surface area contributed by atoms with Crippen LogP contribution in [0.3, 0.4) is 0 Å². The summed E-state index contributed by atoms with van der Waals surface area (Å²) in [5.41, 5.74) is 5.94. The Morgan fingerprint density at radius 3 is 2.53 bits per heavy atom. The molecule has 0 bridgehead atoms. The van der Waals surface area contributed by atoms with Crippen molar-refractivity contribution in [1.82, 2.24) is 0 Å². The number of halogens is 1. The molecule has 82 valence electrons. The third-order valence-electron chi connectivity index (χ3n) is 2.24. The predicted molar refractivity (Wildman–Crippen MR) is 56.5 cm³/mol. The molecular formula is C10H12ClNO3. The maximum absolute atomic E-state index is 9.61. The average Bonchev–Trinajstić information content (AvgIpc) is 2.27. The van der Waals surface area contributed by atoms with Gasteiger partial charge < -0.3 is 20.3 Å². The number of hydrogen-bond acceptors (Lipinski definition) is 4. The minimum Gasteiger partial charge on any atom is -0.486 e. The molecular weight excluding hydrogens is 218 g/mol. The van der Waals surface area contributed by atoms with Gasteiger partial charge >= 0.3 is 0 Å². The molecule has 1 aliphatic rings. The highest BCUT2D eigenvalue weighted by molar-refractivity contribution is 6.31. The smallest absolute Gasteiger partial charge is 0.162 e. The van der Waals surface area contributed by atoms with Crippen LogP contribution in [0.1, 0.15) is 11.7 Å². The molecule has 0 spiro atoms. The number of fused-ring (bicyclic) bond motifs is 1. The molecule has 2 rings (SSSR count). The SMILES string of the molecule is NCC(O)c1cc2c(cc1Cl)OCCO2. The van der Waals surface area contributed by atoms with Crippen LogP contribution in [0.5, 0.6) is 11.5 Å². The summed E-state index contributed by atoms with van der Waals surface area (Å²) in [6.07, 6.45) is -0.770. The lowest BCUT2D eigenvalue weighted by Gasteiger charge is -2.21. The molecule has 4 nitrogen and oxygen atoms in total. The lowest BCUT2D eigenvalue weighted by Crippen LogP contribution is -2.17. The summed E-state index contributed by atoms with van der Waals surface area (Å²) in [5, 5.41) is 10.0. The molecule has 0 saturated heterocycles. The van der Waals surface area contributed by atoms with Gasteiger partial charge in [-0.15, -0.1) is 0 Å². The van der Waals surface area contributed by atoms with Crippen LogP contribution in [0.4, 0.5) is 0 Å². The molecule has 1 atom stereocenters. The Kier molecular flexibility index (Phi) is 3.00. The van der Waals surface area contributed by atoms with E-state index in [1.54, 1.807) is 12.1 Å². The number of benzene rings is 1. The number of nitrogens with two attached hydrogens (primary N) is 1.